The lowest BCUT2D eigenvalue weighted by atomic mass is 10.1. The molecule has 0 bridgehead atoms. The smallest absolute Gasteiger partial charge is 0.353 e. The summed E-state index contributed by atoms with van der Waals surface area (Å²) in [6, 6.07) is -1.57. The van der Waals surface area contributed by atoms with E-state index < -0.39 is 12.2 Å². The molecule has 1 amide bonds. The minimum atomic E-state index is -4.29. The molecule has 0 aromatic rings. The number of alkyl halides is 3. The van der Waals surface area contributed by atoms with Crippen LogP contribution in [0.1, 0.15) is 12.8 Å². The van der Waals surface area contributed by atoms with Gasteiger partial charge in [-0.25, -0.2) is 0 Å². The molecule has 2 atom stereocenters. The molecule has 7 heteroatoms. The molecule has 4 nitrogen and oxygen atoms in total. The molecule has 2 unspecified atom stereocenters. The molecule has 2 rings (SSSR count). The first-order chi connectivity index (χ1) is 7.48. The van der Waals surface area contributed by atoms with Crippen molar-refractivity contribution >= 4 is 5.91 Å². The number of amides is 1. The Kier molecular flexibility index (Phi) is 3.07. The van der Waals surface area contributed by atoms with Gasteiger partial charge in [-0.3, -0.25) is 9.69 Å². The number of halogens is 3. The van der Waals surface area contributed by atoms with Crippen LogP contribution in [-0.2, 0) is 4.79 Å². The molecule has 0 aromatic heterocycles. The van der Waals surface area contributed by atoms with Crippen molar-refractivity contribution in [2.24, 2.45) is 0 Å². The van der Waals surface area contributed by atoms with Gasteiger partial charge >= 0.3 is 6.18 Å². The van der Waals surface area contributed by atoms with Crippen molar-refractivity contribution in [1.82, 2.24) is 15.5 Å². The zero-order valence-corrected chi connectivity index (χ0v) is 8.68. The monoisotopic (exact) mass is 237 g/mol. The Bertz CT molecular complexity index is 276. The predicted molar refractivity (Wildman–Crippen MR) is 50.6 cm³/mol. The quantitative estimate of drug-likeness (QED) is 0.677. The van der Waals surface area contributed by atoms with Gasteiger partial charge in [0.15, 0.2) is 0 Å². The number of hydrogen-bond donors (Lipinski definition) is 2. The maximum atomic E-state index is 12.8. The Hall–Kier alpha value is -0.820. The number of carbonyl (C=O) groups excluding carboxylic acids is 1. The highest BCUT2D eigenvalue weighted by molar-refractivity contribution is 5.79. The van der Waals surface area contributed by atoms with E-state index in [-0.39, 0.29) is 25.2 Å². The van der Waals surface area contributed by atoms with Crippen LogP contribution in [0.15, 0.2) is 0 Å². The molecule has 2 heterocycles. The van der Waals surface area contributed by atoms with E-state index in [1.807, 2.05) is 0 Å². The summed E-state index contributed by atoms with van der Waals surface area (Å²) < 4.78 is 38.3. The third-order valence-corrected chi connectivity index (χ3v) is 3.03. The van der Waals surface area contributed by atoms with E-state index in [0.717, 1.165) is 6.42 Å². The molecule has 2 aliphatic heterocycles. The van der Waals surface area contributed by atoms with Gasteiger partial charge in [0.05, 0.1) is 12.7 Å². The van der Waals surface area contributed by atoms with Crippen molar-refractivity contribution < 1.29 is 18.0 Å². The molecular formula is C9H14F3N3O. The number of rotatable bonds is 1. The van der Waals surface area contributed by atoms with Crippen molar-refractivity contribution in [3.8, 4) is 0 Å². The van der Waals surface area contributed by atoms with Crippen molar-refractivity contribution in [2.75, 3.05) is 19.6 Å². The SMILES string of the molecule is O=C1CN(C2CCCN2)C(C(F)(F)F)CN1. The third kappa shape index (κ3) is 2.30. The minimum Gasteiger partial charge on any atom is -0.353 e. The van der Waals surface area contributed by atoms with Crippen LogP contribution < -0.4 is 10.6 Å². The standard InChI is InChI=1S/C9H14F3N3O/c10-9(11,12)6-4-14-8(16)5-15(6)7-2-1-3-13-7/h6-7,13H,1-5H2,(H,14,16). The number of nitrogens with zero attached hydrogens (tertiary/aromatic N) is 1. The van der Waals surface area contributed by atoms with E-state index in [4.69, 9.17) is 0 Å². The van der Waals surface area contributed by atoms with E-state index in [1.54, 1.807) is 0 Å². The summed E-state index contributed by atoms with van der Waals surface area (Å²) in [5.74, 6) is -0.339. The van der Waals surface area contributed by atoms with Crippen LogP contribution in [0.5, 0.6) is 0 Å². The lowest BCUT2D eigenvalue weighted by Gasteiger charge is -2.39. The van der Waals surface area contributed by atoms with Gasteiger partial charge in [-0.05, 0) is 19.4 Å². The number of nitrogens with one attached hydrogen (secondary N) is 2. The van der Waals surface area contributed by atoms with Crippen LogP contribution in [0.2, 0.25) is 0 Å². The molecular weight excluding hydrogens is 223 g/mol. The molecule has 16 heavy (non-hydrogen) atoms. The van der Waals surface area contributed by atoms with Crippen LogP contribution in [0.25, 0.3) is 0 Å². The first-order valence-electron chi connectivity index (χ1n) is 5.31. The van der Waals surface area contributed by atoms with Gasteiger partial charge in [0.1, 0.15) is 6.04 Å². The lowest BCUT2D eigenvalue weighted by molar-refractivity contribution is -0.195. The number of piperazine rings is 1. The van der Waals surface area contributed by atoms with E-state index in [1.165, 1.54) is 4.90 Å². The first kappa shape index (κ1) is 11.7. The topological polar surface area (TPSA) is 44.4 Å². The van der Waals surface area contributed by atoms with Crippen LogP contribution in [0.4, 0.5) is 13.2 Å². The summed E-state index contributed by atoms with van der Waals surface area (Å²) in [5.41, 5.74) is 0. The highest BCUT2D eigenvalue weighted by Gasteiger charge is 2.48. The molecule has 0 saturated carbocycles. The largest absolute Gasteiger partial charge is 0.405 e. The highest BCUT2D eigenvalue weighted by Crippen LogP contribution is 2.28. The summed E-state index contributed by atoms with van der Waals surface area (Å²) >= 11 is 0. The van der Waals surface area contributed by atoms with Crippen molar-refractivity contribution in [3.63, 3.8) is 0 Å². The van der Waals surface area contributed by atoms with Crippen LogP contribution in [0, 0.1) is 0 Å². The number of carbonyl (C=O) groups is 1. The van der Waals surface area contributed by atoms with E-state index in [0.29, 0.717) is 13.0 Å². The van der Waals surface area contributed by atoms with Gasteiger partial charge in [-0.1, -0.05) is 0 Å². The minimum absolute atomic E-state index is 0.179. The number of hydrogen-bond acceptors (Lipinski definition) is 3. The summed E-state index contributed by atoms with van der Waals surface area (Å²) in [6.45, 7) is 0.190. The van der Waals surface area contributed by atoms with Gasteiger partial charge in [-0.2, -0.15) is 13.2 Å². The summed E-state index contributed by atoms with van der Waals surface area (Å²) in [4.78, 5) is 12.4. The molecule has 92 valence electrons. The molecule has 2 aliphatic rings. The second-order valence-electron chi connectivity index (χ2n) is 4.15. The first-order valence-corrected chi connectivity index (χ1v) is 5.31. The normalized spacial score (nSPS) is 32.8. The van der Waals surface area contributed by atoms with Crippen molar-refractivity contribution in [1.29, 1.82) is 0 Å². The van der Waals surface area contributed by atoms with Gasteiger partial charge in [0, 0.05) is 6.54 Å². The zero-order valence-electron chi connectivity index (χ0n) is 8.68. The van der Waals surface area contributed by atoms with Gasteiger partial charge in [-0.15, -0.1) is 0 Å². The van der Waals surface area contributed by atoms with E-state index >= 15 is 0 Å². The third-order valence-electron chi connectivity index (χ3n) is 3.03. The summed E-state index contributed by atoms with van der Waals surface area (Å²) in [6.07, 6.45) is -3.09. The lowest BCUT2D eigenvalue weighted by Crippen LogP contribution is -2.64. The molecule has 2 saturated heterocycles. The molecule has 2 N–H and O–H groups in total. The Morgan fingerprint density at radius 1 is 1.38 bits per heavy atom. The Balaban J connectivity index is 2.11. The molecule has 0 aliphatic carbocycles. The molecule has 0 radical (unpaired) electrons. The van der Waals surface area contributed by atoms with Crippen LogP contribution >= 0.6 is 0 Å². The zero-order chi connectivity index (χ0) is 11.8. The second-order valence-corrected chi connectivity index (χ2v) is 4.15. The van der Waals surface area contributed by atoms with Crippen LogP contribution in [0.3, 0.4) is 0 Å². The summed E-state index contributed by atoms with van der Waals surface area (Å²) in [5, 5.41) is 5.26. The maximum absolute atomic E-state index is 12.8. The average Bonchev–Trinajstić information content (AvgIpc) is 2.68. The maximum Gasteiger partial charge on any atom is 0.405 e. The fourth-order valence-electron chi connectivity index (χ4n) is 2.24. The van der Waals surface area contributed by atoms with Crippen molar-refractivity contribution in [3.05, 3.63) is 0 Å². The molecule has 2 fully saturated rings. The Morgan fingerprint density at radius 3 is 2.69 bits per heavy atom. The van der Waals surface area contributed by atoms with Gasteiger partial charge < -0.3 is 10.6 Å². The molecule has 0 aromatic carbocycles. The highest BCUT2D eigenvalue weighted by atomic mass is 19.4. The Morgan fingerprint density at radius 2 is 2.12 bits per heavy atom. The predicted octanol–water partition coefficient (Wildman–Crippen LogP) is 0.0586. The van der Waals surface area contributed by atoms with Gasteiger partial charge in [0.25, 0.3) is 0 Å². The van der Waals surface area contributed by atoms with Crippen LogP contribution in [-0.4, -0.2) is 48.8 Å². The van der Waals surface area contributed by atoms with Crippen molar-refractivity contribution in [2.45, 2.75) is 31.2 Å². The second kappa shape index (κ2) is 4.21. The van der Waals surface area contributed by atoms with E-state index in [9.17, 15) is 18.0 Å². The molecule has 0 spiro atoms. The summed E-state index contributed by atoms with van der Waals surface area (Å²) in [7, 11) is 0. The fourth-order valence-corrected chi connectivity index (χ4v) is 2.24. The van der Waals surface area contributed by atoms with Gasteiger partial charge in [0.2, 0.25) is 5.91 Å². The fraction of sp³-hybridized carbons (Fsp3) is 0.889. The van der Waals surface area contributed by atoms with E-state index in [2.05, 4.69) is 10.6 Å². The Labute approximate surface area is 91.2 Å². The average molecular weight is 237 g/mol.